The van der Waals surface area contributed by atoms with Crippen molar-refractivity contribution in [1.29, 1.82) is 0 Å². The van der Waals surface area contributed by atoms with Crippen molar-refractivity contribution in [1.82, 2.24) is 0 Å². The van der Waals surface area contributed by atoms with Crippen LogP contribution in [0.15, 0.2) is 92.0 Å². The Morgan fingerprint density at radius 3 is 1.85 bits per heavy atom. The van der Waals surface area contributed by atoms with Crippen LogP contribution in [0.25, 0.3) is 0 Å². The molecular weight excluding hydrogens is 510 g/mol. The lowest BCUT2D eigenvalue weighted by atomic mass is 9.49. The molecule has 4 unspecified atom stereocenters. The number of carbonyl (C=O) groups is 4. The van der Waals surface area contributed by atoms with Gasteiger partial charge in [-0.2, -0.15) is 0 Å². The average molecular weight is 538 g/mol. The molecule has 2 bridgehead atoms. The second-order valence-electron chi connectivity index (χ2n) is 9.91. The number of hydrogen-bond acceptors (Lipinski definition) is 6. The number of carboxylic acid groups (broad SMARTS) is 1. The number of anilines is 1. The van der Waals surface area contributed by atoms with E-state index in [1.165, 1.54) is 0 Å². The number of esters is 2. The summed E-state index contributed by atoms with van der Waals surface area (Å²) in [6.45, 7) is 10.6. The minimum absolute atomic E-state index is 0.299. The van der Waals surface area contributed by atoms with Crippen molar-refractivity contribution in [3.63, 3.8) is 0 Å². The van der Waals surface area contributed by atoms with Gasteiger partial charge in [0, 0.05) is 40.1 Å². The van der Waals surface area contributed by atoms with E-state index in [0.29, 0.717) is 27.9 Å². The molecule has 202 valence electrons. The van der Waals surface area contributed by atoms with Gasteiger partial charge in [0.15, 0.2) is 11.2 Å². The van der Waals surface area contributed by atoms with Gasteiger partial charge in [0.2, 0.25) is 5.91 Å². The zero-order valence-electron chi connectivity index (χ0n) is 22.0. The fraction of sp³-hybridized carbons (Fsp3) is 0.188. The van der Waals surface area contributed by atoms with Crippen LogP contribution in [-0.2, 0) is 39.9 Å². The van der Waals surface area contributed by atoms with Gasteiger partial charge in [0.1, 0.15) is 11.8 Å². The predicted molar refractivity (Wildman–Crippen MR) is 146 cm³/mol. The molecule has 3 aromatic rings. The molecule has 8 heteroatoms. The number of para-hydroxylation sites is 1. The second kappa shape index (κ2) is 9.64. The summed E-state index contributed by atoms with van der Waals surface area (Å²) in [5.41, 5.74) is -0.602. The van der Waals surface area contributed by atoms with Crippen molar-refractivity contribution in [2.75, 3.05) is 5.32 Å². The largest absolute Gasteiger partial charge is 0.481 e. The number of carbonyl (C=O) groups excluding carboxylic acids is 3. The minimum atomic E-state index is -1.94. The monoisotopic (exact) mass is 537 g/mol. The van der Waals surface area contributed by atoms with E-state index < -0.39 is 46.9 Å². The van der Waals surface area contributed by atoms with Gasteiger partial charge in [-0.15, -0.1) is 0 Å². The minimum Gasteiger partial charge on any atom is -0.481 e. The number of fused-ring (bicyclic) bond motifs is 1. The molecule has 0 aliphatic heterocycles. The fourth-order valence-electron chi connectivity index (χ4n) is 6.17. The van der Waals surface area contributed by atoms with Crippen LogP contribution in [0.4, 0.5) is 5.69 Å². The molecule has 8 nitrogen and oxygen atoms in total. The van der Waals surface area contributed by atoms with E-state index in [1.807, 2.05) is 0 Å². The van der Waals surface area contributed by atoms with Crippen LogP contribution < -0.4 is 5.32 Å². The number of amides is 1. The van der Waals surface area contributed by atoms with E-state index in [-0.39, 0.29) is 0 Å². The van der Waals surface area contributed by atoms with Gasteiger partial charge < -0.3 is 19.9 Å². The first-order valence-corrected chi connectivity index (χ1v) is 12.6. The van der Waals surface area contributed by atoms with Crippen molar-refractivity contribution in [2.45, 2.75) is 25.0 Å². The first-order chi connectivity index (χ1) is 19.1. The lowest BCUT2D eigenvalue weighted by Crippen LogP contribution is -2.67. The molecule has 2 N–H and O–H groups in total. The van der Waals surface area contributed by atoms with Gasteiger partial charge in [-0.3, -0.25) is 9.59 Å². The van der Waals surface area contributed by atoms with Gasteiger partial charge in [-0.25, -0.2) is 9.59 Å². The average Bonchev–Trinajstić information content (AvgIpc) is 2.94. The molecule has 0 radical (unpaired) electrons. The van der Waals surface area contributed by atoms with E-state index in [4.69, 9.17) is 9.47 Å². The number of benzene rings is 3. The first-order valence-electron chi connectivity index (χ1n) is 12.6. The van der Waals surface area contributed by atoms with Gasteiger partial charge in [0.05, 0.1) is 0 Å². The standard InChI is InChI=1S/C32H27NO7/c1-5-25(34)39-31-20-12-8-9-13-21(20)32(40-26(35)6-2,23-17-18(3)15-16-22(23)31)28(30(37)38)27(31)29(36)33-24-14-10-7-11-19(24)4/h5-17,27-28H,1-2H2,3-4H3,(H,33,36)(H,37,38). The first kappa shape index (κ1) is 26.6. The van der Waals surface area contributed by atoms with Crippen LogP contribution >= 0.6 is 0 Å². The van der Waals surface area contributed by atoms with Gasteiger partial charge in [-0.05, 0) is 25.5 Å². The number of rotatable bonds is 7. The van der Waals surface area contributed by atoms with Gasteiger partial charge >= 0.3 is 17.9 Å². The second-order valence-corrected chi connectivity index (χ2v) is 9.91. The SMILES string of the molecule is C=CC(=O)OC12c3ccccc3C(OC(=O)C=C)(c3ccc(C)cc31)C(C(=O)Nc1ccccc1C)C2C(=O)O. The lowest BCUT2D eigenvalue weighted by molar-refractivity contribution is -0.199. The topological polar surface area (TPSA) is 119 Å². The van der Waals surface area contributed by atoms with Crippen molar-refractivity contribution < 1.29 is 33.8 Å². The number of aliphatic carboxylic acids is 1. The summed E-state index contributed by atoms with van der Waals surface area (Å²) in [6.07, 6.45) is 1.91. The zero-order valence-corrected chi connectivity index (χ0v) is 22.0. The van der Waals surface area contributed by atoms with Crippen LogP contribution in [-0.4, -0.2) is 28.9 Å². The quantitative estimate of drug-likeness (QED) is 0.336. The van der Waals surface area contributed by atoms with E-state index in [9.17, 15) is 24.3 Å². The molecule has 3 aliphatic carbocycles. The Kier molecular flexibility index (Phi) is 6.42. The fourth-order valence-corrected chi connectivity index (χ4v) is 6.17. The number of carboxylic acids is 1. The summed E-state index contributed by atoms with van der Waals surface area (Å²) in [4.78, 5) is 53.5. The molecule has 4 atom stereocenters. The molecule has 3 aromatic carbocycles. The molecule has 0 fully saturated rings. The van der Waals surface area contributed by atoms with Crippen LogP contribution in [0.2, 0.25) is 0 Å². The zero-order chi connectivity index (χ0) is 28.8. The third-order valence-corrected chi connectivity index (χ3v) is 7.72. The number of nitrogens with one attached hydrogen (secondary N) is 1. The van der Waals surface area contributed by atoms with Crippen molar-refractivity contribution >= 4 is 29.5 Å². The summed E-state index contributed by atoms with van der Waals surface area (Å²) in [6, 6.07) is 18.8. The highest BCUT2D eigenvalue weighted by Gasteiger charge is 2.73. The van der Waals surface area contributed by atoms with E-state index >= 15 is 0 Å². The van der Waals surface area contributed by atoms with Crippen LogP contribution in [0.5, 0.6) is 0 Å². The summed E-state index contributed by atoms with van der Waals surface area (Å²) >= 11 is 0. The number of ether oxygens (including phenoxy) is 2. The third kappa shape index (κ3) is 3.67. The van der Waals surface area contributed by atoms with Crippen LogP contribution in [0.3, 0.4) is 0 Å². The summed E-state index contributed by atoms with van der Waals surface area (Å²) in [7, 11) is 0. The van der Waals surface area contributed by atoms with E-state index in [2.05, 4.69) is 18.5 Å². The highest BCUT2D eigenvalue weighted by atomic mass is 16.6. The molecule has 0 saturated heterocycles. The maximum atomic E-state index is 14.3. The van der Waals surface area contributed by atoms with Crippen LogP contribution in [0, 0.1) is 25.7 Å². The molecule has 3 aliphatic rings. The maximum absolute atomic E-state index is 14.3. The molecule has 1 amide bonds. The Labute approximate surface area is 230 Å². The molecule has 0 spiro atoms. The Hall–Kier alpha value is -4.98. The van der Waals surface area contributed by atoms with Gasteiger partial charge in [0.25, 0.3) is 0 Å². The molecular formula is C32H27NO7. The Morgan fingerprint density at radius 2 is 1.30 bits per heavy atom. The molecule has 0 heterocycles. The van der Waals surface area contributed by atoms with Crippen molar-refractivity contribution in [3.8, 4) is 0 Å². The predicted octanol–water partition coefficient (Wildman–Crippen LogP) is 4.53. The molecule has 0 saturated carbocycles. The molecule has 40 heavy (non-hydrogen) atoms. The Balaban J connectivity index is 1.92. The van der Waals surface area contributed by atoms with Crippen LogP contribution in [0.1, 0.15) is 33.4 Å². The van der Waals surface area contributed by atoms with Crippen molar-refractivity contribution in [2.24, 2.45) is 11.8 Å². The maximum Gasteiger partial charge on any atom is 0.331 e. The summed E-state index contributed by atoms with van der Waals surface area (Å²) in [5.74, 6) is -7.11. The van der Waals surface area contributed by atoms with E-state index in [1.54, 1.807) is 80.6 Å². The Morgan fingerprint density at radius 1 is 0.775 bits per heavy atom. The number of hydrogen-bond donors (Lipinski definition) is 2. The third-order valence-electron chi connectivity index (χ3n) is 7.72. The number of aryl methyl sites for hydroxylation is 2. The van der Waals surface area contributed by atoms with Gasteiger partial charge in [-0.1, -0.05) is 79.4 Å². The van der Waals surface area contributed by atoms with Crippen molar-refractivity contribution in [3.05, 3.63) is 125 Å². The molecule has 0 aromatic heterocycles. The highest BCUT2D eigenvalue weighted by Crippen LogP contribution is 2.65. The Bertz CT molecular complexity index is 1610. The molecule has 6 rings (SSSR count). The summed E-state index contributed by atoms with van der Waals surface area (Å²) in [5, 5.41) is 13.7. The van der Waals surface area contributed by atoms with E-state index in [0.717, 1.165) is 23.3 Å². The normalized spacial score (nSPS) is 23.6. The lowest BCUT2D eigenvalue weighted by Gasteiger charge is -2.59. The smallest absolute Gasteiger partial charge is 0.331 e. The summed E-state index contributed by atoms with van der Waals surface area (Å²) < 4.78 is 12.2. The highest BCUT2D eigenvalue weighted by molar-refractivity contribution is 6.00.